The quantitative estimate of drug-likeness (QED) is 0.653. The number of nitrogens with one attached hydrogen (secondary N) is 1. The minimum absolute atomic E-state index is 0.374. The van der Waals surface area contributed by atoms with E-state index < -0.39 is 0 Å². The molecule has 1 aliphatic rings. The van der Waals surface area contributed by atoms with Crippen LogP contribution < -0.4 is 14.8 Å². The lowest BCUT2D eigenvalue weighted by Gasteiger charge is -2.19. The van der Waals surface area contributed by atoms with E-state index in [0.717, 1.165) is 11.3 Å². The molecule has 1 unspecified atom stereocenters. The van der Waals surface area contributed by atoms with Gasteiger partial charge >= 0.3 is 0 Å². The first-order valence-electron chi connectivity index (χ1n) is 5.03. The normalized spacial score (nSPS) is 17.6. The van der Waals surface area contributed by atoms with Gasteiger partial charge < -0.3 is 14.8 Å². The monoisotopic (exact) mass is 240 g/mol. The van der Waals surface area contributed by atoms with Crippen LogP contribution >= 0.6 is 11.6 Å². The highest BCUT2D eigenvalue weighted by atomic mass is 35.5. The first-order chi connectivity index (χ1) is 7.76. The maximum atomic E-state index is 6.08. The number of alkyl halides is 1. The fourth-order valence-electron chi connectivity index (χ4n) is 1.58. The Morgan fingerprint density at radius 1 is 1.44 bits per heavy atom. The number of nitrogens with zero attached hydrogens (tertiary/aromatic N) is 1. The van der Waals surface area contributed by atoms with Crippen molar-refractivity contribution in [2.45, 2.75) is 12.4 Å². The Hall–Kier alpha value is -1.42. The molecule has 0 aliphatic carbocycles. The largest absolute Gasteiger partial charge is 0.493 e. The maximum Gasteiger partial charge on any atom is 0.162 e. The second-order valence-electron chi connectivity index (χ2n) is 3.28. The van der Waals surface area contributed by atoms with Crippen LogP contribution in [0.15, 0.2) is 17.1 Å². The van der Waals surface area contributed by atoms with Gasteiger partial charge in [0.2, 0.25) is 0 Å². The van der Waals surface area contributed by atoms with Crippen molar-refractivity contribution in [3.05, 3.63) is 17.7 Å². The van der Waals surface area contributed by atoms with Crippen LogP contribution in [0.4, 0.5) is 5.69 Å². The van der Waals surface area contributed by atoms with Crippen LogP contribution in [0.25, 0.3) is 0 Å². The molecule has 5 heteroatoms. The Bertz CT molecular complexity index is 421. The first kappa shape index (κ1) is 11.1. The number of rotatable bonds is 3. The molecule has 0 fully saturated rings. The number of ether oxygens (including phenoxy) is 2. The average molecular weight is 241 g/mol. The maximum absolute atomic E-state index is 6.08. The van der Waals surface area contributed by atoms with E-state index >= 15 is 0 Å². The molecular weight excluding hydrogens is 228 g/mol. The third-order valence-corrected chi connectivity index (χ3v) is 2.67. The molecule has 4 nitrogen and oxygen atoms in total. The number of halogens is 1. The zero-order valence-corrected chi connectivity index (χ0v) is 9.91. The third-order valence-electron chi connectivity index (χ3n) is 2.32. The predicted octanol–water partition coefficient (Wildman–Crippen LogP) is 2.79. The van der Waals surface area contributed by atoms with Crippen LogP contribution in [0.5, 0.6) is 11.5 Å². The number of benzene rings is 1. The van der Waals surface area contributed by atoms with Gasteiger partial charge in [0, 0.05) is 17.3 Å². The minimum Gasteiger partial charge on any atom is -0.493 e. The smallest absolute Gasteiger partial charge is 0.162 e. The second kappa shape index (κ2) is 4.61. The lowest BCUT2D eigenvalue weighted by Crippen LogP contribution is -2.08. The summed E-state index contributed by atoms with van der Waals surface area (Å²) < 4.78 is 10.7. The molecule has 1 atom stereocenters. The van der Waals surface area contributed by atoms with Gasteiger partial charge in [0.05, 0.1) is 20.1 Å². The van der Waals surface area contributed by atoms with Crippen LogP contribution in [-0.2, 0) is 0 Å². The number of methoxy groups -OCH3 is 1. The van der Waals surface area contributed by atoms with Crippen molar-refractivity contribution in [3.63, 3.8) is 0 Å². The Kier molecular flexibility index (Phi) is 3.19. The van der Waals surface area contributed by atoms with Gasteiger partial charge in [-0.3, -0.25) is 4.99 Å². The van der Waals surface area contributed by atoms with Crippen molar-refractivity contribution in [1.82, 2.24) is 0 Å². The van der Waals surface area contributed by atoms with Gasteiger partial charge in [0.15, 0.2) is 17.0 Å². The fourth-order valence-corrected chi connectivity index (χ4v) is 1.82. The van der Waals surface area contributed by atoms with Crippen molar-refractivity contribution in [1.29, 1.82) is 0 Å². The van der Waals surface area contributed by atoms with Gasteiger partial charge in [0.1, 0.15) is 0 Å². The number of fused-ring (bicyclic) bond motifs is 1. The Labute approximate surface area is 99.2 Å². The number of hydrogen-bond acceptors (Lipinski definition) is 4. The SMILES string of the molecule is CCOc1cc2c(cc1OC)NC=NC2Cl. The molecule has 0 bridgehead atoms. The summed E-state index contributed by atoms with van der Waals surface area (Å²) in [7, 11) is 1.61. The standard InChI is InChI=1S/C11H13ClN2O2/c1-3-16-10-4-7-8(5-9(10)15-2)13-6-14-11(7)12/h4-6,11H,3H2,1-2H3,(H,13,14). The molecular formula is C11H13ClN2O2. The number of aliphatic imine (C=N–C) groups is 1. The molecule has 0 saturated carbocycles. The number of hydrogen-bond donors (Lipinski definition) is 1. The molecule has 0 saturated heterocycles. The highest BCUT2D eigenvalue weighted by Gasteiger charge is 2.18. The third kappa shape index (κ3) is 1.93. The van der Waals surface area contributed by atoms with Crippen LogP contribution in [0.3, 0.4) is 0 Å². The van der Waals surface area contributed by atoms with Gasteiger partial charge in [-0.1, -0.05) is 11.6 Å². The van der Waals surface area contributed by atoms with Crippen molar-refractivity contribution < 1.29 is 9.47 Å². The highest BCUT2D eigenvalue weighted by molar-refractivity contribution is 6.22. The second-order valence-corrected chi connectivity index (χ2v) is 3.70. The zero-order chi connectivity index (χ0) is 11.5. The van der Waals surface area contributed by atoms with Gasteiger partial charge in [-0.25, -0.2) is 0 Å². The molecule has 1 aromatic rings. The molecule has 0 spiro atoms. The summed E-state index contributed by atoms with van der Waals surface area (Å²) in [6.45, 7) is 2.51. The van der Waals surface area contributed by atoms with Crippen LogP contribution in [0, 0.1) is 0 Å². The molecule has 1 aliphatic heterocycles. The van der Waals surface area contributed by atoms with E-state index in [9.17, 15) is 0 Å². The summed E-state index contributed by atoms with van der Waals surface area (Å²) in [4.78, 5) is 4.06. The van der Waals surface area contributed by atoms with Crippen molar-refractivity contribution in [2.75, 3.05) is 19.0 Å². The van der Waals surface area contributed by atoms with E-state index in [1.807, 2.05) is 19.1 Å². The summed E-state index contributed by atoms with van der Waals surface area (Å²) in [5, 5.41) is 3.03. The van der Waals surface area contributed by atoms with E-state index in [-0.39, 0.29) is 5.50 Å². The van der Waals surface area contributed by atoms with E-state index in [1.54, 1.807) is 13.4 Å². The molecule has 0 radical (unpaired) electrons. The van der Waals surface area contributed by atoms with E-state index in [2.05, 4.69) is 10.3 Å². The molecule has 1 aromatic carbocycles. The molecule has 0 aromatic heterocycles. The summed E-state index contributed by atoms with van der Waals surface area (Å²) in [5.74, 6) is 1.38. The molecule has 16 heavy (non-hydrogen) atoms. The lowest BCUT2D eigenvalue weighted by atomic mass is 10.1. The van der Waals surface area contributed by atoms with E-state index in [1.165, 1.54) is 0 Å². The summed E-state index contributed by atoms with van der Waals surface area (Å²) in [6, 6.07) is 3.72. The van der Waals surface area contributed by atoms with E-state index in [0.29, 0.717) is 18.1 Å². The minimum atomic E-state index is -0.374. The average Bonchev–Trinajstić information content (AvgIpc) is 2.30. The Balaban J connectivity index is 2.45. The predicted molar refractivity (Wildman–Crippen MR) is 64.9 cm³/mol. The van der Waals surface area contributed by atoms with Crippen LogP contribution in [0.2, 0.25) is 0 Å². The van der Waals surface area contributed by atoms with Gasteiger partial charge in [-0.2, -0.15) is 0 Å². The first-order valence-corrected chi connectivity index (χ1v) is 5.47. The van der Waals surface area contributed by atoms with Crippen LogP contribution in [0.1, 0.15) is 18.0 Å². The molecule has 0 amide bonds. The van der Waals surface area contributed by atoms with Crippen LogP contribution in [-0.4, -0.2) is 20.1 Å². The van der Waals surface area contributed by atoms with E-state index in [4.69, 9.17) is 21.1 Å². The zero-order valence-electron chi connectivity index (χ0n) is 9.16. The van der Waals surface area contributed by atoms with Gasteiger partial charge in [-0.15, -0.1) is 0 Å². The van der Waals surface area contributed by atoms with Crippen molar-refractivity contribution >= 4 is 23.6 Å². The molecule has 1 N–H and O–H groups in total. The Morgan fingerprint density at radius 2 is 2.25 bits per heavy atom. The lowest BCUT2D eigenvalue weighted by molar-refractivity contribution is 0.310. The topological polar surface area (TPSA) is 42.9 Å². The Morgan fingerprint density at radius 3 is 2.94 bits per heavy atom. The molecule has 86 valence electrons. The molecule has 1 heterocycles. The van der Waals surface area contributed by atoms with Crippen molar-refractivity contribution in [3.8, 4) is 11.5 Å². The van der Waals surface area contributed by atoms with Crippen molar-refractivity contribution in [2.24, 2.45) is 4.99 Å². The number of anilines is 1. The summed E-state index contributed by atoms with van der Waals surface area (Å²) in [5.41, 5.74) is 1.42. The fraction of sp³-hybridized carbons (Fsp3) is 0.364. The highest BCUT2D eigenvalue weighted by Crippen LogP contribution is 2.39. The van der Waals surface area contributed by atoms with Gasteiger partial charge in [-0.05, 0) is 13.0 Å². The molecule has 2 rings (SSSR count). The summed E-state index contributed by atoms with van der Waals surface area (Å²) in [6.07, 6.45) is 1.58. The van der Waals surface area contributed by atoms with Gasteiger partial charge in [0.25, 0.3) is 0 Å². The summed E-state index contributed by atoms with van der Waals surface area (Å²) >= 11 is 6.08.